The van der Waals surface area contributed by atoms with Gasteiger partial charge in [0.05, 0.1) is 11.2 Å². The third kappa shape index (κ3) is 2.68. The summed E-state index contributed by atoms with van der Waals surface area (Å²) in [6.07, 6.45) is 5.15. The molecule has 2 aliphatic rings. The Bertz CT molecular complexity index is 293. The molecule has 0 radical (unpaired) electrons. The Morgan fingerprint density at radius 3 is 2.06 bits per heavy atom. The number of ether oxygens (including phenoxy) is 1. The molecule has 2 heteroatoms. The van der Waals surface area contributed by atoms with Crippen LogP contribution in [-0.2, 0) is 4.74 Å². The van der Waals surface area contributed by atoms with Crippen molar-refractivity contribution in [1.82, 2.24) is 5.32 Å². The Morgan fingerprint density at radius 2 is 1.65 bits per heavy atom. The monoisotopic (exact) mass is 239 g/mol. The highest BCUT2D eigenvalue weighted by atomic mass is 16.5. The quantitative estimate of drug-likeness (QED) is 0.796. The van der Waals surface area contributed by atoms with Crippen molar-refractivity contribution in [2.75, 3.05) is 0 Å². The van der Waals surface area contributed by atoms with Crippen LogP contribution in [0.1, 0.15) is 67.2 Å². The predicted molar refractivity (Wildman–Crippen MR) is 72.2 cm³/mol. The molecule has 17 heavy (non-hydrogen) atoms. The van der Waals surface area contributed by atoms with Gasteiger partial charge in [-0.2, -0.15) is 0 Å². The molecule has 1 aliphatic carbocycles. The molecule has 2 atom stereocenters. The molecule has 0 spiro atoms. The average molecular weight is 239 g/mol. The van der Waals surface area contributed by atoms with Crippen LogP contribution in [0.2, 0.25) is 0 Å². The van der Waals surface area contributed by atoms with E-state index < -0.39 is 0 Å². The SMILES string of the molecule is CC1(C)CC(NC2CCCC2(C)C)C(C)(C)O1. The van der Waals surface area contributed by atoms with Gasteiger partial charge >= 0.3 is 0 Å². The van der Waals surface area contributed by atoms with E-state index in [1.807, 2.05) is 0 Å². The van der Waals surface area contributed by atoms with Crippen LogP contribution in [0.15, 0.2) is 0 Å². The van der Waals surface area contributed by atoms with Gasteiger partial charge < -0.3 is 10.1 Å². The third-order valence-electron chi connectivity index (χ3n) is 4.73. The van der Waals surface area contributed by atoms with Crippen molar-refractivity contribution in [3.63, 3.8) is 0 Å². The molecule has 1 N–H and O–H groups in total. The highest BCUT2D eigenvalue weighted by molar-refractivity contribution is 5.02. The van der Waals surface area contributed by atoms with Crippen molar-refractivity contribution in [2.45, 2.75) is 90.5 Å². The maximum Gasteiger partial charge on any atom is 0.0787 e. The minimum atomic E-state index is -0.0395. The lowest BCUT2D eigenvalue weighted by molar-refractivity contribution is -0.0710. The van der Waals surface area contributed by atoms with Crippen molar-refractivity contribution < 1.29 is 4.74 Å². The summed E-state index contributed by atoms with van der Waals surface area (Å²) in [4.78, 5) is 0. The van der Waals surface area contributed by atoms with Crippen LogP contribution in [0.5, 0.6) is 0 Å². The van der Waals surface area contributed by atoms with Crippen molar-refractivity contribution in [3.05, 3.63) is 0 Å². The molecule has 0 amide bonds. The largest absolute Gasteiger partial charge is 0.368 e. The minimum Gasteiger partial charge on any atom is -0.368 e. The Balaban J connectivity index is 2.04. The molecule has 0 aromatic rings. The lowest BCUT2D eigenvalue weighted by atomic mass is 9.85. The standard InChI is InChI=1S/C15H29NO/c1-13(2)9-7-8-11(13)16-12-10-14(3,4)17-15(12,5)6/h11-12,16H,7-10H2,1-6H3. The second-order valence-electron chi connectivity index (χ2n) is 7.82. The van der Waals surface area contributed by atoms with E-state index in [0.29, 0.717) is 17.5 Å². The summed E-state index contributed by atoms with van der Waals surface area (Å²) < 4.78 is 6.16. The summed E-state index contributed by atoms with van der Waals surface area (Å²) in [5, 5.41) is 3.89. The van der Waals surface area contributed by atoms with Crippen LogP contribution in [0.25, 0.3) is 0 Å². The van der Waals surface area contributed by atoms with Crippen molar-refractivity contribution >= 4 is 0 Å². The summed E-state index contributed by atoms with van der Waals surface area (Å²) >= 11 is 0. The molecule has 0 aromatic carbocycles. The van der Waals surface area contributed by atoms with E-state index in [4.69, 9.17) is 4.74 Å². The van der Waals surface area contributed by atoms with Crippen LogP contribution < -0.4 is 5.32 Å². The molecule has 0 bridgehead atoms. The molecule has 2 fully saturated rings. The van der Waals surface area contributed by atoms with Gasteiger partial charge in [-0.1, -0.05) is 20.3 Å². The number of hydrogen-bond acceptors (Lipinski definition) is 2. The van der Waals surface area contributed by atoms with Crippen LogP contribution in [-0.4, -0.2) is 23.3 Å². The summed E-state index contributed by atoms with van der Waals surface area (Å²) in [5.74, 6) is 0. The molecule has 100 valence electrons. The molecule has 1 heterocycles. The fourth-order valence-electron chi connectivity index (χ4n) is 3.70. The van der Waals surface area contributed by atoms with E-state index in [2.05, 4.69) is 46.9 Å². The Labute approximate surface area is 107 Å². The maximum atomic E-state index is 6.16. The highest BCUT2D eigenvalue weighted by Crippen LogP contribution is 2.42. The first-order valence-corrected chi connectivity index (χ1v) is 7.09. The normalized spacial score (nSPS) is 38.5. The Kier molecular flexibility index (Phi) is 3.11. The molecule has 2 rings (SSSR count). The molecule has 2 nitrogen and oxygen atoms in total. The van der Waals surface area contributed by atoms with Crippen LogP contribution in [0.4, 0.5) is 0 Å². The number of rotatable bonds is 2. The summed E-state index contributed by atoms with van der Waals surface area (Å²) in [7, 11) is 0. The van der Waals surface area contributed by atoms with Gasteiger partial charge in [0.25, 0.3) is 0 Å². The van der Waals surface area contributed by atoms with Crippen LogP contribution >= 0.6 is 0 Å². The van der Waals surface area contributed by atoms with Crippen molar-refractivity contribution in [3.8, 4) is 0 Å². The van der Waals surface area contributed by atoms with Gasteiger partial charge in [-0.05, 0) is 52.4 Å². The maximum absolute atomic E-state index is 6.16. The van der Waals surface area contributed by atoms with Crippen molar-refractivity contribution in [2.24, 2.45) is 5.41 Å². The number of nitrogens with one attached hydrogen (secondary N) is 1. The molecular weight excluding hydrogens is 210 g/mol. The van der Waals surface area contributed by atoms with Gasteiger partial charge in [0.1, 0.15) is 0 Å². The molecular formula is C15H29NO. The highest BCUT2D eigenvalue weighted by Gasteiger charge is 2.48. The zero-order valence-electron chi connectivity index (χ0n) is 12.4. The molecule has 1 saturated heterocycles. The molecule has 1 aliphatic heterocycles. The average Bonchev–Trinajstić information content (AvgIpc) is 2.51. The van der Waals surface area contributed by atoms with Crippen LogP contribution in [0, 0.1) is 5.41 Å². The Morgan fingerprint density at radius 1 is 1.00 bits per heavy atom. The van der Waals surface area contributed by atoms with E-state index in [0.717, 1.165) is 6.42 Å². The second kappa shape index (κ2) is 3.96. The zero-order chi connectivity index (χ0) is 12.9. The topological polar surface area (TPSA) is 21.3 Å². The fourth-order valence-corrected chi connectivity index (χ4v) is 3.70. The van der Waals surface area contributed by atoms with Gasteiger partial charge in [0, 0.05) is 12.1 Å². The van der Waals surface area contributed by atoms with Gasteiger partial charge in [0.15, 0.2) is 0 Å². The predicted octanol–water partition coefficient (Wildman–Crippen LogP) is 3.50. The molecule has 1 saturated carbocycles. The van der Waals surface area contributed by atoms with Crippen LogP contribution in [0.3, 0.4) is 0 Å². The van der Waals surface area contributed by atoms with Gasteiger partial charge in [0.2, 0.25) is 0 Å². The fraction of sp³-hybridized carbons (Fsp3) is 1.00. The minimum absolute atomic E-state index is 0.0178. The first kappa shape index (κ1) is 13.4. The number of hydrogen-bond donors (Lipinski definition) is 1. The van der Waals surface area contributed by atoms with Gasteiger partial charge in [-0.15, -0.1) is 0 Å². The Hall–Kier alpha value is -0.0800. The van der Waals surface area contributed by atoms with E-state index in [1.54, 1.807) is 0 Å². The smallest absolute Gasteiger partial charge is 0.0787 e. The first-order valence-electron chi connectivity index (χ1n) is 7.09. The summed E-state index contributed by atoms with van der Waals surface area (Å²) in [5.41, 5.74) is 0.425. The lowest BCUT2D eigenvalue weighted by Gasteiger charge is -2.35. The first-order chi connectivity index (χ1) is 7.62. The van der Waals surface area contributed by atoms with E-state index in [9.17, 15) is 0 Å². The second-order valence-corrected chi connectivity index (χ2v) is 7.82. The lowest BCUT2D eigenvalue weighted by Crippen LogP contribution is -2.51. The zero-order valence-corrected chi connectivity index (χ0v) is 12.4. The van der Waals surface area contributed by atoms with Crippen molar-refractivity contribution in [1.29, 1.82) is 0 Å². The molecule has 2 unspecified atom stereocenters. The third-order valence-corrected chi connectivity index (χ3v) is 4.73. The molecule has 0 aromatic heterocycles. The van der Waals surface area contributed by atoms with E-state index in [1.165, 1.54) is 19.3 Å². The van der Waals surface area contributed by atoms with E-state index >= 15 is 0 Å². The van der Waals surface area contributed by atoms with Gasteiger partial charge in [-0.25, -0.2) is 0 Å². The summed E-state index contributed by atoms with van der Waals surface area (Å²) in [6, 6.07) is 1.14. The van der Waals surface area contributed by atoms with Gasteiger partial charge in [-0.3, -0.25) is 0 Å². The summed E-state index contributed by atoms with van der Waals surface area (Å²) in [6.45, 7) is 13.6. The van der Waals surface area contributed by atoms with E-state index in [-0.39, 0.29) is 11.2 Å².